The Balaban J connectivity index is 2.32. The maximum absolute atomic E-state index is 13.9. The van der Waals surface area contributed by atoms with Crippen LogP contribution in [-0.4, -0.2) is 22.6 Å². The number of nitrogens with zero attached hydrogens (tertiary/aromatic N) is 2. The van der Waals surface area contributed by atoms with Crippen LogP contribution in [0.4, 0.5) is 18.9 Å². The van der Waals surface area contributed by atoms with Crippen molar-refractivity contribution in [2.75, 3.05) is 7.11 Å². The molecule has 1 aromatic heterocycles. The van der Waals surface area contributed by atoms with E-state index in [2.05, 4.69) is 4.74 Å². The van der Waals surface area contributed by atoms with Gasteiger partial charge in [0, 0.05) is 29.6 Å². The summed E-state index contributed by atoms with van der Waals surface area (Å²) in [5.74, 6) is -1.16. The Morgan fingerprint density at radius 2 is 1.68 bits per heavy atom. The summed E-state index contributed by atoms with van der Waals surface area (Å²) in [4.78, 5) is 22.5. The second-order valence-corrected chi connectivity index (χ2v) is 5.77. The highest BCUT2D eigenvalue weighted by molar-refractivity contribution is 5.99. The Morgan fingerprint density at radius 1 is 1.07 bits per heavy atom. The lowest BCUT2D eigenvalue weighted by atomic mass is 10.0. The Kier molecular flexibility index (Phi) is 4.91. The maximum Gasteiger partial charge on any atom is 0.432 e. The van der Waals surface area contributed by atoms with Crippen molar-refractivity contribution in [2.24, 2.45) is 0 Å². The highest BCUT2D eigenvalue weighted by Crippen LogP contribution is 2.40. The number of halogens is 3. The molecular formula is C19H13F3N2O4. The Labute approximate surface area is 156 Å². The topological polar surface area (TPSA) is 74.4 Å². The summed E-state index contributed by atoms with van der Waals surface area (Å²) in [5, 5.41) is 10.8. The largest absolute Gasteiger partial charge is 0.465 e. The van der Waals surface area contributed by atoms with E-state index in [-0.39, 0.29) is 22.5 Å². The number of benzene rings is 2. The molecule has 0 fully saturated rings. The van der Waals surface area contributed by atoms with Gasteiger partial charge >= 0.3 is 12.1 Å². The van der Waals surface area contributed by atoms with E-state index in [9.17, 15) is 28.1 Å². The fourth-order valence-electron chi connectivity index (χ4n) is 2.87. The number of esters is 1. The van der Waals surface area contributed by atoms with Gasteiger partial charge in [-0.1, -0.05) is 18.2 Å². The summed E-state index contributed by atoms with van der Waals surface area (Å²) < 4.78 is 47.1. The minimum atomic E-state index is -4.85. The van der Waals surface area contributed by atoms with Gasteiger partial charge in [0.1, 0.15) is 5.69 Å². The predicted molar refractivity (Wildman–Crippen MR) is 94.2 cm³/mol. The van der Waals surface area contributed by atoms with Crippen molar-refractivity contribution in [1.29, 1.82) is 0 Å². The van der Waals surface area contributed by atoms with Gasteiger partial charge in [-0.15, -0.1) is 0 Å². The van der Waals surface area contributed by atoms with Crippen LogP contribution >= 0.6 is 0 Å². The van der Waals surface area contributed by atoms with Crippen molar-refractivity contribution in [3.05, 3.63) is 82.2 Å². The number of nitro benzene ring substituents is 1. The van der Waals surface area contributed by atoms with E-state index in [1.54, 1.807) is 18.2 Å². The molecular weight excluding hydrogens is 377 g/mol. The van der Waals surface area contributed by atoms with Crippen molar-refractivity contribution in [3.63, 3.8) is 0 Å². The average molecular weight is 390 g/mol. The summed E-state index contributed by atoms with van der Waals surface area (Å²) in [7, 11) is 0.988. The van der Waals surface area contributed by atoms with Crippen molar-refractivity contribution >= 4 is 11.7 Å². The maximum atomic E-state index is 13.9. The molecule has 144 valence electrons. The first-order valence-corrected chi connectivity index (χ1v) is 7.95. The monoisotopic (exact) mass is 390 g/mol. The standard InChI is InChI=1S/C19H13F3N2O4/c1-28-18(25)16-15(12-7-9-14(10-8-12)24(26)27)11-23(17(16)19(20,21)22)13-5-3-2-4-6-13/h2-11H,1H3. The summed E-state index contributed by atoms with van der Waals surface area (Å²) in [6, 6.07) is 12.6. The van der Waals surface area contributed by atoms with E-state index in [0.29, 0.717) is 0 Å². The molecule has 0 aliphatic heterocycles. The zero-order valence-electron chi connectivity index (χ0n) is 14.4. The van der Waals surface area contributed by atoms with Gasteiger partial charge in [-0.25, -0.2) is 4.79 Å². The molecule has 0 aliphatic rings. The third-order valence-corrected chi connectivity index (χ3v) is 4.09. The second kappa shape index (κ2) is 7.18. The van der Waals surface area contributed by atoms with Gasteiger partial charge in [0.25, 0.3) is 5.69 Å². The number of ether oxygens (including phenoxy) is 1. The van der Waals surface area contributed by atoms with Crippen LogP contribution in [0.5, 0.6) is 0 Å². The van der Waals surface area contributed by atoms with Gasteiger partial charge in [0.05, 0.1) is 17.6 Å². The number of alkyl halides is 3. The number of rotatable bonds is 4. The van der Waals surface area contributed by atoms with E-state index >= 15 is 0 Å². The number of nitro groups is 1. The van der Waals surface area contributed by atoms with Gasteiger partial charge in [0.2, 0.25) is 0 Å². The molecule has 0 aliphatic carbocycles. The fraction of sp³-hybridized carbons (Fsp3) is 0.105. The quantitative estimate of drug-likeness (QED) is 0.362. The molecule has 0 saturated heterocycles. The minimum absolute atomic E-state index is 0.0436. The Morgan fingerprint density at radius 3 is 2.18 bits per heavy atom. The predicted octanol–water partition coefficient (Wildman–Crippen LogP) is 4.86. The first-order valence-electron chi connectivity index (χ1n) is 7.95. The third kappa shape index (κ3) is 3.46. The van der Waals surface area contributed by atoms with Crippen LogP contribution in [0.3, 0.4) is 0 Å². The molecule has 3 aromatic rings. The van der Waals surface area contributed by atoms with Gasteiger partial charge in [-0.2, -0.15) is 13.2 Å². The zero-order chi connectivity index (χ0) is 20.5. The molecule has 9 heteroatoms. The lowest BCUT2D eigenvalue weighted by molar-refractivity contribution is -0.384. The molecule has 0 spiro atoms. The first-order chi connectivity index (χ1) is 13.2. The highest BCUT2D eigenvalue weighted by atomic mass is 19.4. The molecule has 0 atom stereocenters. The number of methoxy groups -OCH3 is 1. The fourth-order valence-corrected chi connectivity index (χ4v) is 2.87. The van der Waals surface area contributed by atoms with Crippen LogP contribution in [0.15, 0.2) is 60.8 Å². The van der Waals surface area contributed by atoms with Gasteiger partial charge in [-0.05, 0) is 29.8 Å². The normalized spacial score (nSPS) is 11.3. The highest BCUT2D eigenvalue weighted by Gasteiger charge is 2.42. The van der Waals surface area contributed by atoms with Gasteiger partial charge < -0.3 is 9.30 Å². The van der Waals surface area contributed by atoms with Gasteiger partial charge in [0.15, 0.2) is 0 Å². The number of aromatic nitrogens is 1. The number of carbonyl (C=O) groups is 1. The van der Waals surface area contributed by atoms with E-state index in [1.165, 1.54) is 30.5 Å². The SMILES string of the molecule is COC(=O)c1c(-c2ccc([N+](=O)[O-])cc2)cn(-c2ccccc2)c1C(F)(F)F. The van der Waals surface area contributed by atoms with Crippen LogP contribution in [0.2, 0.25) is 0 Å². The summed E-state index contributed by atoms with van der Waals surface area (Å²) in [6.45, 7) is 0. The minimum Gasteiger partial charge on any atom is -0.465 e. The molecule has 1 heterocycles. The number of carbonyl (C=O) groups excluding carboxylic acids is 1. The lowest BCUT2D eigenvalue weighted by Gasteiger charge is -2.13. The van der Waals surface area contributed by atoms with Crippen LogP contribution in [-0.2, 0) is 10.9 Å². The average Bonchev–Trinajstić information content (AvgIpc) is 3.09. The molecule has 0 bridgehead atoms. The van der Waals surface area contributed by atoms with E-state index < -0.39 is 28.3 Å². The molecule has 2 aromatic carbocycles. The van der Waals surface area contributed by atoms with Crippen molar-refractivity contribution in [3.8, 4) is 16.8 Å². The smallest absolute Gasteiger partial charge is 0.432 e. The van der Waals surface area contributed by atoms with E-state index in [4.69, 9.17) is 0 Å². The van der Waals surface area contributed by atoms with Crippen molar-refractivity contribution < 1.29 is 27.6 Å². The zero-order valence-corrected chi connectivity index (χ0v) is 14.4. The van der Waals surface area contributed by atoms with Crippen LogP contribution in [0, 0.1) is 10.1 Å². The van der Waals surface area contributed by atoms with Gasteiger partial charge in [-0.3, -0.25) is 10.1 Å². The van der Waals surface area contributed by atoms with Crippen molar-refractivity contribution in [2.45, 2.75) is 6.18 Å². The molecule has 0 radical (unpaired) electrons. The lowest BCUT2D eigenvalue weighted by Crippen LogP contribution is -2.17. The van der Waals surface area contributed by atoms with E-state index in [1.807, 2.05) is 0 Å². The summed E-state index contributed by atoms with van der Waals surface area (Å²) >= 11 is 0. The van der Waals surface area contributed by atoms with E-state index in [0.717, 1.165) is 23.8 Å². The summed E-state index contributed by atoms with van der Waals surface area (Å²) in [6.07, 6.45) is -3.68. The molecule has 0 unspecified atom stereocenters. The third-order valence-electron chi connectivity index (χ3n) is 4.09. The number of non-ortho nitro benzene ring substituents is 1. The Bertz CT molecular complexity index is 1030. The van der Waals surface area contributed by atoms with Crippen LogP contribution in [0.1, 0.15) is 16.1 Å². The number of para-hydroxylation sites is 1. The molecule has 0 amide bonds. The molecule has 0 saturated carbocycles. The van der Waals surface area contributed by atoms with Crippen LogP contribution < -0.4 is 0 Å². The van der Waals surface area contributed by atoms with Crippen LogP contribution in [0.25, 0.3) is 16.8 Å². The second-order valence-electron chi connectivity index (χ2n) is 5.77. The summed E-state index contributed by atoms with van der Waals surface area (Å²) in [5.41, 5.74) is -1.69. The van der Waals surface area contributed by atoms with Crippen molar-refractivity contribution in [1.82, 2.24) is 4.57 Å². The molecule has 6 nitrogen and oxygen atoms in total. The molecule has 3 rings (SSSR count). The molecule has 28 heavy (non-hydrogen) atoms. The molecule has 0 N–H and O–H groups in total. The first kappa shape index (κ1) is 19.2. The number of hydrogen-bond donors (Lipinski definition) is 0. The number of hydrogen-bond acceptors (Lipinski definition) is 4. The Hall–Kier alpha value is -3.62.